The predicted molar refractivity (Wildman–Crippen MR) is 73.1 cm³/mol. The summed E-state index contributed by atoms with van der Waals surface area (Å²) in [6.07, 6.45) is 1.80. The summed E-state index contributed by atoms with van der Waals surface area (Å²) in [5.41, 5.74) is 2.33. The molecule has 1 aliphatic rings. The Balaban J connectivity index is 2.04. The zero-order valence-electron chi connectivity index (χ0n) is 9.80. The number of thiophene rings is 1. The van der Waals surface area contributed by atoms with E-state index in [9.17, 15) is 4.79 Å². The standard InChI is InChI=1S/C13H11NO2S2/c1-2-16-13(15)10-6-8-7-17-12-9(11(8)18-10)4-3-5-14-12/h3-6H,2,7H2,1H3. The van der Waals surface area contributed by atoms with E-state index < -0.39 is 0 Å². The highest BCUT2D eigenvalue weighted by molar-refractivity contribution is 7.98. The van der Waals surface area contributed by atoms with Crippen LogP contribution in [0.1, 0.15) is 22.2 Å². The van der Waals surface area contributed by atoms with Crippen molar-refractivity contribution >= 4 is 29.1 Å². The van der Waals surface area contributed by atoms with Gasteiger partial charge in [0.25, 0.3) is 0 Å². The molecule has 2 aromatic heterocycles. The van der Waals surface area contributed by atoms with Gasteiger partial charge in [0.05, 0.1) is 6.61 Å². The molecule has 3 heterocycles. The second-order valence-corrected chi connectivity index (χ2v) is 5.85. The normalized spacial score (nSPS) is 12.7. The van der Waals surface area contributed by atoms with E-state index in [1.54, 1.807) is 18.0 Å². The number of pyridine rings is 1. The van der Waals surface area contributed by atoms with E-state index in [2.05, 4.69) is 11.1 Å². The summed E-state index contributed by atoms with van der Waals surface area (Å²) in [5, 5.41) is 1.04. The van der Waals surface area contributed by atoms with E-state index >= 15 is 0 Å². The van der Waals surface area contributed by atoms with Gasteiger partial charge in [-0.3, -0.25) is 0 Å². The molecule has 2 aromatic rings. The van der Waals surface area contributed by atoms with Crippen molar-refractivity contribution in [3.63, 3.8) is 0 Å². The molecule has 5 heteroatoms. The first kappa shape index (κ1) is 11.7. The SMILES string of the molecule is CCOC(=O)c1cc2c(s1)-c1cccnc1SC2. The van der Waals surface area contributed by atoms with Crippen LogP contribution in [0.25, 0.3) is 10.4 Å². The van der Waals surface area contributed by atoms with Gasteiger partial charge in [0, 0.05) is 22.4 Å². The Labute approximate surface area is 113 Å². The van der Waals surface area contributed by atoms with Crippen molar-refractivity contribution in [1.82, 2.24) is 4.98 Å². The molecular weight excluding hydrogens is 266 g/mol. The lowest BCUT2D eigenvalue weighted by Gasteiger charge is -2.13. The first-order valence-electron chi connectivity index (χ1n) is 5.67. The van der Waals surface area contributed by atoms with Gasteiger partial charge >= 0.3 is 5.97 Å². The topological polar surface area (TPSA) is 39.2 Å². The van der Waals surface area contributed by atoms with E-state index in [0.717, 1.165) is 21.2 Å². The highest BCUT2D eigenvalue weighted by Gasteiger charge is 2.22. The summed E-state index contributed by atoms with van der Waals surface area (Å²) < 4.78 is 5.04. The van der Waals surface area contributed by atoms with Gasteiger partial charge in [-0.1, -0.05) is 0 Å². The molecule has 0 saturated carbocycles. The fourth-order valence-corrected chi connectivity index (χ4v) is 4.13. The second kappa shape index (κ2) is 4.74. The third-order valence-corrected chi connectivity index (χ3v) is 4.91. The van der Waals surface area contributed by atoms with Crippen molar-refractivity contribution in [3.8, 4) is 10.4 Å². The minimum Gasteiger partial charge on any atom is -0.462 e. The fourth-order valence-electron chi connectivity index (χ4n) is 1.89. The smallest absolute Gasteiger partial charge is 0.348 e. The number of ether oxygens (including phenoxy) is 1. The Kier molecular flexibility index (Phi) is 3.09. The Morgan fingerprint density at radius 1 is 1.56 bits per heavy atom. The molecule has 0 amide bonds. The maximum Gasteiger partial charge on any atom is 0.348 e. The number of hydrogen-bond donors (Lipinski definition) is 0. The Bertz CT molecular complexity index is 607. The van der Waals surface area contributed by atoms with Gasteiger partial charge in [-0.15, -0.1) is 23.1 Å². The first-order valence-corrected chi connectivity index (χ1v) is 7.48. The van der Waals surface area contributed by atoms with Crippen molar-refractivity contribution in [2.24, 2.45) is 0 Å². The Morgan fingerprint density at radius 2 is 2.44 bits per heavy atom. The van der Waals surface area contributed by atoms with Crippen LogP contribution in [0.2, 0.25) is 0 Å². The van der Waals surface area contributed by atoms with Crippen molar-refractivity contribution in [3.05, 3.63) is 34.8 Å². The number of rotatable bonds is 2. The molecule has 0 aliphatic carbocycles. The van der Waals surface area contributed by atoms with Crippen molar-refractivity contribution in [2.45, 2.75) is 17.7 Å². The lowest BCUT2D eigenvalue weighted by molar-refractivity contribution is 0.0532. The zero-order chi connectivity index (χ0) is 12.5. The first-order chi connectivity index (χ1) is 8.79. The minimum atomic E-state index is -0.229. The molecule has 92 valence electrons. The van der Waals surface area contributed by atoms with E-state index in [1.165, 1.54) is 16.9 Å². The Hall–Kier alpha value is -1.33. The van der Waals surface area contributed by atoms with Gasteiger partial charge in [0.2, 0.25) is 0 Å². The van der Waals surface area contributed by atoms with E-state index in [4.69, 9.17) is 4.74 Å². The van der Waals surface area contributed by atoms with E-state index in [-0.39, 0.29) is 5.97 Å². The monoisotopic (exact) mass is 277 g/mol. The maximum absolute atomic E-state index is 11.7. The molecule has 3 nitrogen and oxygen atoms in total. The number of nitrogens with zero attached hydrogens (tertiary/aromatic N) is 1. The molecule has 0 radical (unpaired) electrons. The van der Waals surface area contributed by atoms with Crippen molar-refractivity contribution < 1.29 is 9.53 Å². The summed E-state index contributed by atoms with van der Waals surface area (Å²) >= 11 is 3.21. The summed E-state index contributed by atoms with van der Waals surface area (Å²) in [5.74, 6) is 0.641. The van der Waals surface area contributed by atoms with Crippen LogP contribution < -0.4 is 0 Å². The van der Waals surface area contributed by atoms with Gasteiger partial charge in [0.15, 0.2) is 0 Å². The quantitative estimate of drug-likeness (QED) is 0.786. The van der Waals surface area contributed by atoms with Crippen LogP contribution in [0, 0.1) is 0 Å². The third kappa shape index (κ3) is 1.93. The molecule has 0 aromatic carbocycles. The maximum atomic E-state index is 11.7. The summed E-state index contributed by atoms with van der Waals surface area (Å²) in [7, 11) is 0. The van der Waals surface area contributed by atoms with Crippen molar-refractivity contribution in [1.29, 1.82) is 0 Å². The van der Waals surface area contributed by atoms with Crippen LogP contribution in [-0.2, 0) is 10.5 Å². The fraction of sp³-hybridized carbons (Fsp3) is 0.231. The number of hydrogen-bond acceptors (Lipinski definition) is 5. The lowest BCUT2D eigenvalue weighted by Crippen LogP contribution is -2.01. The average Bonchev–Trinajstić information content (AvgIpc) is 2.83. The van der Waals surface area contributed by atoms with Crippen LogP contribution in [0.15, 0.2) is 29.4 Å². The van der Waals surface area contributed by atoms with E-state index in [0.29, 0.717) is 11.5 Å². The molecule has 0 fully saturated rings. The molecule has 18 heavy (non-hydrogen) atoms. The van der Waals surface area contributed by atoms with Gasteiger partial charge in [0.1, 0.15) is 9.90 Å². The molecule has 0 N–H and O–H groups in total. The van der Waals surface area contributed by atoms with Crippen LogP contribution >= 0.6 is 23.1 Å². The Morgan fingerprint density at radius 3 is 3.28 bits per heavy atom. The summed E-state index contributed by atoms with van der Waals surface area (Å²) in [6.45, 7) is 2.23. The van der Waals surface area contributed by atoms with Crippen LogP contribution in [-0.4, -0.2) is 17.6 Å². The molecule has 0 saturated heterocycles. The third-order valence-electron chi connectivity index (χ3n) is 2.67. The highest BCUT2D eigenvalue weighted by Crippen LogP contribution is 2.44. The predicted octanol–water partition coefficient (Wildman–Crippen LogP) is 3.59. The molecule has 0 unspecified atom stereocenters. The molecule has 0 spiro atoms. The zero-order valence-corrected chi connectivity index (χ0v) is 11.4. The van der Waals surface area contributed by atoms with Gasteiger partial charge < -0.3 is 4.74 Å². The minimum absolute atomic E-state index is 0.229. The summed E-state index contributed by atoms with van der Waals surface area (Å²) in [4.78, 5) is 17.9. The largest absolute Gasteiger partial charge is 0.462 e. The van der Waals surface area contributed by atoms with Crippen LogP contribution in [0.5, 0.6) is 0 Å². The molecule has 3 rings (SSSR count). The molecular formula is C13H11NO2S2. The van der Waals surface area contributed by atoms with Crippen LogP contribution in [0.3, 0.4) is 0 Å². The van der Waals surface area contributed by atoms with E-state index in [1.807, 2.05) is 19.1 Å². The van der Waals surface area contributed by atoms with Gasteiger partial charge in [-0.25, -0.2) is 9.78 Å². The van der Waals surface area contributed by atoms with Gasteiger partial charge in [-0.05, 0) is 30.7 Å². The number of esters is 1. The van der Waals surface area contributed by atoms with Crippen LogP contribution in [0.4, 0.5) is 0 Å². The number of fused-ring (bicyclic) bond motifs is 3. The number of thioether (sulfide) groups is 1. The second-order valence-electron chi connectivity index (χ2n) is 3.83. The average molecular weight is 277 g/mol. The van der Waals surface area contributed by atoms with Crippen molar-refractivity contribution in [2.75, 3.05) is 6.61 Å². The lowest BCUT2D eigenvalue weighted by atomic mass is 10.1. The number of aromatic nitrogens is 1. The molecule has 0 atom stereocenters. The number of carbonyl (C=O) groups is 1. The van der Waals surface area contributed by atoms with Gasteiger partial charge in [-0.2, -0.15) is 0 Å². The summed E-state index contributed by atoms with van der Waals surface area (Å²) in [6, 6.07) is 5.93. The number of carbonyl (C=O) groups excluding carboxylic acids is 1. The molecule has 1 aliphatic heterocycles. The highest BCUT2D eigenvalue weighted by atomic mass is 32.2. The molecule has 0 bridgehead atoms.